The predicted molar refractivity (Wildman–Crippen MR) is 73.4 cm³/mol. The van der Waals surface area contributed by atoms with Gasteiger partial charge in [0.2, 0.25) is 11.6 Å². The van der Waals surface area contributed by atoms with E-state index in [1.807, 2.05) is 0 Å². The van der Waals surface area contributed by atoms with Crippen LogP contribution in [0.5, 0.6) is 11.6 Å². The third-order valence-corrected chi connectivity index (χ3v) is 2.69. The van der Waals surface area contributed by atoms with Crippen LogP contribution >= 0.6 is 11.6 Å². The fraction of sp³-hybridized carbons (Fsp3) is 0. The number of amidine groups is 1. The minimum absolute atomic E-state index is 0.0638. The molecule has 1 aromatic carbocycles. The van der Waals surface area contributed by atoms with E-state index in [4.69, 9.17) is 27.5 Å². The summed E-state index contributed by atoms with van der Waals surface area (Å²) in [6, 6.07) is 7.12. The number of nitrogens with two attached hydrogens (primary N) is 1. The molecule has 7 nitrogen and oxygen atoms in total. The van der Waals surface area contributed by atoms with E-state index in [1.54, 1.807) is 0 Å². The largest absolute Gasteiger partial charge is 0.430 e. The molecule has 0 spiro atoms. The average molecular weight is 293 g/mol. The molecule has 2 rings (SSSR count). The first-order valence-corrected chi connectivity index (χ1v) is 5.78. The van der Waals surface area contributed by atoms with Gasteiger partial charge in [-0.25, -0.2) is 4.98 Å². The molecular weight excluding hydrogens is 284 g/mol. The quantitative estimate of drug-likeness (QED) is 0.389. The molecule has 0 amide bonds. The molecule has 0 aliphatic heterocycles. The Balaban J connectivity index is 2.42. The van der Waals surface area contributed by atoms with Gasteiger partial charge in [-0.3, -0.25) is 15.5 Å². The summed E-state index contributed by atoms with van der Waals surface area (Å²) in [5.74, 6) is -0.202. The highest BCUT2D eigenvalue weighted by atomic mass is 35.5. The Bertz CT molecular complexity index is 690. The van der Waals surface area contributed by atoms with Crippen molar-refractivity contribution >= 4 is 23.1 Å². The minimum Gasteiger partial charge on any atom is -0.430 e. The van der Waals surface area contributed by atoms with Crippen LogP contribution in [0.25, 0.3) is 0 Å². The van der Waals surface area contributed by atoms with Gasteiger partial charge in [0.25, 0.3) is 0 Å². The van der Waals surface area contributed by atoms with Crippen LogP contribution in [0.4, 0.5) is 5.69 Å². The molecule has 2 aromatic rings. The lowest BCUT2D eigenvalue weighted by molar-refractivity contribution is -0.385. The standard InChI is InChI=1S/C12H9ClN4O3/c13-8-2-1-3-9(17(18)19)11(8)20-10-6-7(12(14)15)4-5-16-10/h1-6H,(H3,14,15). The summed E-state index contributed by atoms with van der Waals surface area (Å²) in [5, 5.41) is 18.3. The van der Waals surface area contributed by atoms with Crippen LogP contribution in [-0.4, -0.2) is 15.7 Å². The van der Waals surface area contributed by atoms with Crippen molar-refractivity contribution in [1.29, 1.82) is 5.41 Å². The van der Waals surface area contributed by atoms with E-state index in [1.165, 1.54) is 36.5 Å². The first-order valence-electron chi connectivity index (χ1n) is 5.40. The molecular formula is C12H9ClN4O3. The Morgan fingerprint density at radius 3 is 2.85 bits per heavy atom. The van der Waals surface area contributed by atoms with Crippen molar-refractivity contribution in [2.75, 3.05) is 0 Å². The van der Waals surface area contributed by atoms with Gasteiger partial charge in [-0.2, -0.15) is 0 Å². The van der Waals surface area contributed by atoms with Crippen molar-refractivity contribution in [3.8, 4) is 11.6 Å². The van der Waals surface area contributed by atoms with E-state index in [2.05, 4.69) is 4.98 Å². The molecule has 0 saturated heterocycles. The Kier molecular flexibility index (Phi) is 3.81. The summed E-state index contributed by atoms with van der Waals surface area (Å²) in [7, 11) is 0. The highest BCUT2D eigenvalue weighted by molar-refractivity contribution is 6.32. The van der Waals surface area contributed by atoms with E-state index in [9.17, 15) is 10.1 Å². The Hall–Kier alpha value is -2.67. The maximum absolute atomic E-state index is 10.9. The first kappa shape index (κ1) is 13.8. The lowest BCUT2D eigenvalue weighted by atomic mass is 10.2. The van der Waals surface area contributed by atoms with Crippen molar-refractivity contribution in [2.24, 2.45) is 5.73 Å². The fourth-order valence-corrected chi connectivity index (χ4v) is 1.69. The predicted octanol–water partition coefficient (Wildman–Crippen LogP) is 2.72. The summed E-state index contributed by atoms with van der Waals surface area (Å²) < 4.78 is 5.36. The zero-order chi connectivity index (χ0) is 14.7. The molecule has 102 valence electrons. The van der Waals surface area contributed by atoms with Crippen molar-refractivity contribution in [2.45, 2.75) is 0 Å². The number of para-hydroxylation sites is 1. The van der Waals surface area contributed by atoms with Crippen molar-refractivity contribution in [3.05, 3.63) is 57.2 Å². The SMILES string of the molecule is N=C(N)c1ccnc(Oc2c(Cl)cccc2[N+](=O)[O-])c1. The van der Waals surface area contributed by atoms with Crippen molar-refractivity contribution in [3.63, 3.8) is 0 Å². The molecule has 0 aliphatic rings. The molecule has 0 fully saturated rings. The monoisotopic (exact) mass is 292 g/mol. The third-order valence-electron chi connectivity index (χ3n) is 2.40. The number of nitro benzene ring substituents is 1. The van der Waals surface area contributed by atoms with Gasteiger partial charge in [0.05, 0.1) is 9.95 Å². The Morgan fingerprint density at radius 1 is 1.45 bits per heavy atom. The van der Waals surface area contributed by atoms with Gasteiger partial charge in [-0.05, 0) is 12.1 Å². The van der Waals surface area contributed by atoms with E-state index in [-0.39, 0.29) is 28.2 Å². The van der Waals surface area contributed by atoms with Gasteiger partial charge in [0.1, 0.15) is 5.84 Å². The number of pyridine rings is 1. The molecule has 8 heteroatoms. The molecule has 0 atom stereocenters. The summed E-state index contributed by atoms with van der Waals surface area (Å²) in [5.41, 5.74) is 5.47. The van der Waals surface area contributed by atoms with E-state index in [0.29, 0.717) is 5.56 Å². The van der Waals surface area contributed by atoms with Crippen LogP contribution in [0, 0.1) is 15.5 Å². The molecule has 0 aliphatic carbocycles. The second-order valence-electron chi connectivity index (χ2n) is 3.74. The number of nitrogen functional groups attached to an aromatic ring is 1. The van der Waals surface area contributed by atoms with Crippen LogP contribution in [-0.2, 0) is 0 Å². The van der Waals surface area contributed by atoms with Gasteiger partial charge < -0.3 is 10.5 Å². The van der Waals surface area contributed by atoms with Gasteiger partial charge in [-0.1, -0.05) is 17.7 Å². The average Bonchev–Trinajstić information content (AvgIpc) is 2.41. The van der Waals surface area contributed by atoms with Crippen LogP contribution in [0.1, 0.15) is 5.56 Å². The molecule has 0 bridgehead atoms. The maximum atomic E-state index is 10.9. The number of nitro groups is 1. The number of hydrogen-bond acceptors (Lipinski definition) is 5. The lowest BCUT2D eigenvalue weighted by Crippen LogP contribution is -2.11. The highest BCUT2D eigenvalue weighted by Gasteiger charge is 2.19. The number of halogens is 1. The highest BCUT2D eigenvalue weighted by Crippen LogP contribution is 2.37. The Morgan fingerprint density at radius 2 is 2.20 bits per heavy atom. The first-order chi connectivity index (χ1) is 9.49. The van der Waals surface area contributed by atoms with E-state index >= 15 is 0 Å². The molecule has 0 radical (unpaired) electrons. The topological polar surface area (TPSA) is 115 Å². The van der Waals surface area contributed by atoms with Crippen molar-refractivity contribution < 1.29 is 9.66 Å². The Labute approximate surface area is 118 Å². The number of benzene rings is 1. The van der Waals surface area contributed by atoms with Gasteiger partial charge in [0, 0.05) is 23.9 Å². The number of aromatic nitrogens is 1. The number of hydrogen-bond donors (Lipinski definition) is 2. The van der Waals surface area contributed by atoms with Gasteiger partial charge >= 0.3 is 5.69 Å². The number of nitrogens with one attached hydrogen (secondary N) is 1. The maximum Gasteiger partial charge on any atom is 0.313 e. The molecule has 1 aromatic heterocycles. The molecule has 0 saturated carbocycles. The van der Waals surface area contributed by atoms with Crippen molar-refractivity contribution in [1.82, 2.24) is 4.98 Å². The van der Waals surface area contributed by atoms with Gasteiger partial charge in [-0.15, -0.1) is 0 Å². The van der Waals surface area contributed by atoms with Crippen LogP contribution < -0.4 is 10.5 Å². The fourth-order valence-electron chi connectivity index (χ4n) is 1.48. The van der Waals surface area contributed by atoms with E-state index in [0.717, 1.165) is 0 Å². The van der Waals surface area contributed by atoms with Crippen LogP contribution in [0.15, 0.2) is 36.5 Å². The zero-order valence-electron chi connectivity index (χ0n) is 10.0. The zero-order valence-corrected chi connectivity index (χ0v) is 10.8. The smallest absolute Gasteiger partial charge is 0.313 e. The summed E-state index contributed by atoms with van der Waals surface area (Å²) in [6.07, 6.45) is 1.38. The summed E-state index contributed by atoms with van der Waals surface area (Å²) >= 11 is 5.90. The third kappa shape index (κ3) is 2.83. The van der Waals surface area contributed by atoms with Crippen LogP contribution in [0.3, 0.4) is 0 Å². The molecule has 20 heavy (non-hydrogen) atoms. The molecule has 3 N–H and O–H groups in total. The van der Waals surface area contributed by atoms with Crippen LogP contribution in [0.2, 0.25) is 5.02 Å². The molecule has 1 heterocycles. The van der Waals surface area contributed by atoms with Gasteiger partial charge in [0.15, 0.2) is 0 Å². The number of ether oxygens (including phenoxy) is 1. The second kappa shape index (κ2) is 5.54. The van der Waals surface area contributed by atoms with E-state index < -0.39 is 4.92 Å². The summed E-state index contributed by atoms with van der Waals surface area (Å²) in [4.78, 5) is 14.2. The lowest BCUT2D eigenvalue weighted by Gasteiger charge is -2.07. The molecule has 0 unspecified atom stereocenters. The number of nitrogens with zero attached hydrogens (tertiary/aromatic N) is 2. The number of rotatable bonds is 4. The second-order valence-corrected chi connectivity index (χ2v) is 4.15. The normalized spacial score (nSPS) is 10.1. The minimum atomic E-state index is -0.601. The summed E-state index contributed by atoms with van der Waals surface area (Å²) in [6.45, 7) is 0.